The Morgan fingerprint density at radius 3 is 2.35 bits per heavy atom. The lowest BCUT2D eigenvalue weighted by Gasteiger charge is -2.29. The lowest BCUT2D eigenvalue weighted by atomic mass is 10.0. The molecular formula is C25H23ClN2O3. The summed E-state index contributed by atoms with van der Waals surface area (Å²) in [6.07, 6.45) is 0.107. The molecule has 0 saturated heterocycles. The van der Waals surface area contributed by atoms with Crippen LogP contribution in [0.25, 0.3) is 0 Å². The number of benzene rings is 3. The van der Waals surface area contributed by atoms with Crippen LogP contribution in [0.4, 0.5) is 5.69 Å². The van der Waals surface area contributed by atoms with Gasteiger partial charge in [0.25, 0.3) is 0 Å². The second-order valence-electron chi connectivity index (χ2n) is 6.75. The Kier molecular flexibility index (Phi) is 7.91. The monoisotopic (exact) mass is 434 g/mol. The predicted octanol–water partition coefficient (Wildman–Crippen LogP) is 5.50. The van der Waals surface area contributed by atoms with Crippen LogP contribution in [-0.4, -0.2) is 18.9 Å². The zero-order valence-corrected chi connectivity index (χ0v) is 18.0. The third-order valence-electron chi connectivity index (χ3n) is 4.75. The summed E-state index contributed by atoms with van der Waals surface area (Å²) in [5, 5.41) is 9.96. The topological polar surface area (TPSA) is 62.6 Å². The van der Waals surface area contributed by atoms with Crippen molar-refractivity contribution < 1.29 is 14.3 Å². The third kappa shape index (κ3) is 5.56. The van der Waals surface area contributed by atoms with Crippen molar-refractivity contribution in [1.82, 2.24) is 0 Å². The van der Waals surface area contributed by atoms with E-state index in [0.717, 1.165) is 5.56 Å². The summed E-state index contributed by atoms with van der Waals surface area (Å²) in [5.74, 6) is 1.10. The Hall–Kier alpha value is -3.49. The van der Waals surface area contributed by atoms with E-state index in [1.165, 1.54) is 12.0 Å². The van der Waals surface area contributed by atoms with Gasteiger partial charge in [0.2, 0.25) is 5.91 Å². The second kappa shape index (κ2) is 11.1. The zero-order valence-electron chi connectivity index (χ0n) is 17.2. The third-order valence-corrected chi connectivity index (χ3v) is 4.94. The number of hydrogen-bond donors (Lipinski definition) is 0. The van der Waals surface area contributed by atoms with Crippen LogP contribution in [0.5, 0.6) is 11.5 Å². The largest absolute Gasteiger partial charge is 0.495 e. The lowest BCUT2D eigenvalue weighted by Crippen LogP contribution is -2.34. The van der Waals surface area contributed by atoms with E-state index < -0.39 is 6.04 Å². The van der Waals surface area contributed by atoms with E-state index in [1.807, 2.05) is 36.4 Å². The van der Waals surface area contributed by atoms with Gasteiger partial charge in [-0.2, -0.15) is 5.26 Å². The SMILES string of the molecule is COc1ccccc1N(C(=O)CCCl)C(C#N)c1ccc(OCc2ccccc2)cc1. The predicted molar refractivity (Wildman–Crippen MR) is 121 cm³/mol. The summed E-state index contributed by atoms with van der Waals surface area (Å²) < 4.78 is 11.2. The van der Waals surface area contributed by atoms with Crippen molar-refractivity contribution in [2.45, 2.75) is 19.1 Å². The molecule has 0 spiro atoms. The molecular weight excluding hydrogens is 412 g/mol. The van der Waals surface area contributed by atoms with Gasteiger partial charge >= 0.3 is 0 Å². The number of hydrogen-bond acceptors (Lipinski definition) is 4. The van der Waals surface area contributed by atoms with Crippen molar-refractivity contribution >= 4 is 23.2 Å². The minimum absolute atomic E-state index is 0.107. The second-order valence-corrected chi connectivity index (χ2v) is 7.13. The molecule has 1 unspecified atom stereocenters. The van der Waals surface area contributed by atoms with E-state index in [4.69, 9.17) is 21.1 Å². The maximum Gasteiger partial charge on any atom is 0.229 e. The molecule has 3 aromatic carbocycles. The highest BCUT2D eigenvalue weighted by Crippen LogP contribution is 2.35. The Morgan fingerprint density at radius 1 is 1.03 bits per heavy atom. The molecule has 6 heteroatoms. The molecule has 5 nitrogen and oxygen atoms in total. The van der Waals surface area contributed by atoms with Gasteiger partial charge in [-0.15, -0.1) is 11.6 Å². The summed E-state index contributed by atoms with van der Waals surface area (Å²) >= 11 is 5.82. The van der Waals surface area contributed by atoms with Crippen molar-refractivity contribution in [1.29, 1.82) is 5.26 Å². The van der Waals surface area contributed by atoms with Gasteiger partial charge in [-0.05, 0) is 35.4 Å². The molecule has 158 valence electrons. The van der Waals surface area contributed by atoms with Gasteiger partial charge in [0.1, 0.15) is 24.1 Å². The molecule has 31 heavy (non-hydrogen) atoms. The quantitative estimate of drug-likeness (QED) is 0.417. The Morgan fingerprint density at radius 2 is 1.71 bits per heavy atom. The fourth-order valence-electron chi connectivity index (χ4n) is 3.22. The summed E-state index contributed by atoms with van der Waals surface area (Å²) in [6, 6.07) is 25.6. The average molecular weight is 435 g/mol. The summed E-state index contributed by atoms with van der Waals surface area (Å²) in [5.41, 5.74) is 2.26. The lowest BCUT2D eigenvalue weighted by molar-refractivity contribution is -0.118. The number of nitriles is 1. The molecule has 1 atom stereocenters. The van der Waals surface area contributed by atoms with Crippen LogP contribution in [0.15, 0.2) is 78.9 Å². The van der Waals surface area contributed by atoms with E-state index in [9.17, 15) is 10.1 Å². The standard InChI is InChI=1S/C25H23ClN2O3/c1-30-24-10-6-5-9-22(24)28(25(29)15-16-26)23(17-27)20-11-13-21(14-12-20)31-18-19-7-3-2-4-8-19/h2-14,23H,15-16,18H2,1H3. The van der Waals surface area contributed by atoms with Gasteiger partial charge < -0.3 is 9.47 Å². The number of amides is 1. The van der Waals surface area contributed by atoms with Gasteiger partial charge in [-0.1, -0.05) is 54.6 Å². The normalized spacial score (nSPS) is 11.3. The number of carbonyl (C=O) groups is 1. The minimum Gasteiger partial charge on any atom is -0.495 e. The zero-order chi connectivity index (χ0) is 22.1. The number of methoxy groups -OCH3 is 1. The van der Waals surface area contributed by atoms with E-state index in [1.54, 1.807) is 42.5 Å². The van der Waals surface area contributed by atoms with Gasteiger partial charge in [0, 0.05) is 12.3 Å². The van der Waals surface area contributed by atoms with E-state index in [0.29, 0.717) is 29.4 Å². The summed E-state index contributed by atoms with van der Waals surface area (Å²) in [6.45, 7) is 0.448. The van der Waals surface area contributed by atoms with Gasteiger partial charge in [-0.25, -0.2) is 0 Å². The number of ether oxygens (including phenoxy) is 2. The molecule has 0 radical (unpaired) electrons. The highest BCUT2D eigenvalue weighted by molar-refractivity contribution is 6.19. The first-order valence-corrected chi connectivity index (χ1v) is 10.4. The first-order valence-electron chi connectivity index (χ1n) is 9.85. The van der Waals surface area contributed by atoms with Crippen LogP contribution >= 0.6 is 11.6 Å². The van der Waals surface area contributed by atoms with Crippen LogP contribution in [0.1, 0.15) is 23.6 Å². The van der Waals surface area contributed by atoms with Crippen molar-refractivity contribution in [3.05, 3.63) is 90.0 Å². The minimum atomic E-state index is -0.838. The molecule has 0 saturated carbocycles. The van der Waals surface area contributed by atoms with Crippen molar-refractivity contribution in [3.8, 4) is 17.6 Å². The van der Waals surface area contributed by atoms with Crippen LogP contribution in [0, 0.1) is 11.3 Å². The fourth-order valence-corrected chi connectivity index (χ4v) is 3.38. The number of carbonyl (C=O) groups excluding carboxylic acids is 1. The van der Waals surface area contributed by atoms with E-state index >= 15 is 0 Å². The maximum absolute atomic E-state index is 12.9. The molecule has 0 aliphatic heterocycles. The average Bonchev–Trinajstić information content (AvgIpc) is 2.82. The number of halogens is 1. The van der Waals surface area contributed by atoms with Crippen LogP contribution in [-0.2, 0) is 11.4 Å². The van der Waals surface area contributed by atoms with Crippen LogP contribution < -0.4 is 14.4 Å². The van der Waals surface area contributed by atoms with E-state index in [-0.39, 0.29) is 18.2 Å². The molecule has 0 heterocycles. The number of nitrogens with zero attached hydrogens (tertiary/aromatic N) is 2. The highest BCUT2D eigenvalue weighted by Gasteiger charge is 2.28. The van der Waals surface area contributed by atoms with Gasteiger partial charge in [0.05, 0.1) is 18.9 Å². The number of anilines is 1. The number of para-hydroxylation sites is 2. The molecule has 0 N–H and O–H groups in total. The maximum atomic E-state index is 12.9. The molecule has 0 aliphatic rings. The first-order chi connectivity index (χ1) is 15.2. The number of alkyl halides is 1. The van der Waals surface area contributed by atoms with Gasteiger partial charge in [0.15, 0.2) is 0 Å². The molecule has 0 fully saturated rings. The molecule has 0 aliphatic carbocycles. The summed E-state index contributed by atoms with van der Waals surface area (Å²) in [4.78, 5) is 14.4. The fraction of sp³-hybridized carbons (Fsp3) is 0.200. The Balaban J connectivity index is 1.86. The number of rotatable bonds is 9. The molecule has 1 amide bonds. The Labute approximate surface area is 187 Å². The van der Waals surface area contributed by atoms with Crippen molar-refractivity contribution in [3.63, 3.8) is 0 Å². The summed E-state index contributed by atoms with van der Waals surface area (Å²) in [7, 11) is 1.53. The smallest absolute Gasteiger partial charge is 0.229 e. The first kappa shape index (κ1) is 22.2. The van der Waals surface area contributed by atoms with Crippen LogP contribution in [0.2, 0.25) is 0 Å². The van der Waals surface area contributed by atoms with Crippen LogP contribution in [0.3, 0.4) is 0 Å². The molecule has 3 aromatic rings. The molecule has 0 aromatic heterocycles. The highest BCUT2D eigenvalue weighted by atomic mass is 35.5. The van der Waals surface area contributed by atoms with Gasteiger partial charge in [-0.3, -0.25) is 9.69 Å². The van der Waals surface area contributed by atoms with Crippen molar-refractivity contribution in [2.75, 3.05) is 17.9 Å². The molecule has 3 rings (SSSR count). The van der Waals surface area contributed by atoms with Crippen molar-refractivity contribution in [2.24, 2.45) is 0 Å². The van der Waals surface area contributed by atoms with E-state index in [2.05, 4.69) is 6.07 Å². The molecule has 0 bridgehead atoms. The Bertz CT molecular complexity index is 1030.